The number of hydrogen-bond acceptors (Lipinski definition) is 4. The quantitative estimate of drug-likeness (QED) is 0.749. The largest absolute Gasteiger partial charge is 0.330 e. The highest BCUT2D eigenvalue weighted by Crippen LogP contribution is 2.41. The number of urea groups is 1. The topological polar surface area (TPSA) is 68.8 Å². The lowest BCUT2D eigenvalue weighted by molar-refractivity contribution is -0.0226. The first-order valence-electron chi connectivity index (χ1n) is 10.1. The molecular weight excluding hydrogens is 366 g/mol. The van der Waals surface area contributed by atoms with E-state index in [1.54, 1.807) is 29.3 Å². The lowest BCUT2D eigenvalue weighted by Gasteiger charge is -2.53. The summed E-state index contributed by atoms with van der Waals surface area (Å²) in [4.78, 5) is 36.8. The normalized spacial score (nSPS) is 20.4. The number of nitrogens with one attached hydrogen (secondary N) is 1. The highest BCUT2D eigenvalue weighted by Gasteiger charge is 2.45. The molecular formula is C22H25N5O2. The summed E-state index contributed by atoms with van der Waals surface area (Å²) in [5, 5.41) is 2.90. The third kappa shape index (κ3) is 2.97. The zero-order valence-corrected chi connectivity index (χ0v) is 16.8. The number of aryl methyl sites for hydroxylation is 1. The smallest absolute Gasteiger partial charge is 0.324 e. The van der Waals surface area contributed by atoms with E-state index in [0.717, 1.165) is 44.6 Å². The molecule has 3 aliphatic rings. The molecule has 3 aliphatic heterocycles. The number of benzene rings is 1. The summed E-state index contributed by atoms with van der Waals surface area (Å²) in [7, 11) is 2.14. The SMILES string of the molecule is Cc1ccc2c(c1)N(C(=O)N1CCC3(CC1)CN(C)C3)c1ncccc1NC2=O. The maximum Gasteiger partial charge on any atom is 0.330 e. The molecule has 4 heterocycles. The van der Waals surface area contributed by atoms with Crippen LogP contribution in [0.3, 0.4) is 0 Å². The van der Waals surface area contributed by atoms with Crippen molar-refractivity contribution in [1.82, 2.24) is 14.8 Å². The van der Waals surface area contributed by atoms with Gasteiger partial charge in [-0.1, -0.05) is 6.07 Å². The monoisotopic (exact) mass is 391 g/mol. The number of aromatic nitrogens is 1. The Labute approximate surface area is 170 Å². The van der Waals surface area contributed by atoms with Crippen molar-refractivity contribution in [3.8, 4) is 0 Å². The predicted molar refractivity (Wildman–Crippen MR) is 112 cm³/mol. The number of carbonyl (C=O) groups is 2. The van der Waals surface area contributed by atoms with Crippen LogP contribution in [0.5, 0.6) is 0 Å². The fraction of sp³-hybridized carbons (Fsp3) is 0.409. The minimum atomic E-state index is -0.223. The van der Waals surface area contributed by atoms with Gasteiger partial charge in [-0.3, -0.25) is 4.79 Å². The Kier molecular flexibility index (Phi) is 4.10. The van der Waals surface area contributed by atoms with Gasteiger partial charge < -0.3 is 15.1 Å². The predicted octanol–water partition coefficient (Wildman–Crippen LogP) is 3.24. The van der Waals surface area contributed by atoms with Gasteiger partial charge in [0, 0.05) is 32.4 Å². The summed E-state index contributed by atoms with van der Waals surface area (Å²) < 4.78 is 0. The summed E-state index contributed by atoms with van der Waals surface area (Å²) in [6.45, 7) is 5.65. The Balaban J connectivity index is 1.52. The van der Waals surface area contributed by atoms with Gasteiger partial charge in [0.2, 0.25) is 0 Å². The molecule has 3 amide bonds. The molecule has 0 radical (unpaired) electrons. The minimum Gasteiger partial charge on any atom is -0.324 e. The number of likely N-dealkylation sites (tertiary alicyclic amines) is 2. The first kappa shape index (κ1) is 18.1. The summed E-state index contributed by atoms with van der Waals surface area (Å²) in [6, 6.07) is 9.00. The van der Waals surface area contributed by atoms with Crippen LogP contribution in [0, 0.1) is 12.3 Å². The highest BCUT2D eigenvalue weighted by atomic mass is 16.2. The maximum absolute atomic E-state index is 13.7. The molecule has 0 saturated carbocycles. The number of amides is 3. The third-order valence-corrected chi connectivity index (χ3v) is 6.38. The molecule has 2 aromatic rings. The van der Waals surface area contributed by atoms with Crippen LogP contribution < -0.4 is 10.2 Å². The number of hydrogen-bond donors (Lipinski definition) is 1. The first-order valence-corrected chi connectivity index (χ1v) is 10.1. The molecule has 1 N–H and O–H groups in total. The number of carbonyl (C=O) groups excluding carboxylic acids is 2. The van der Waals surface area contributed by atoms with Crippen molar-refractivity contribution in [3.05, 3.63) is 47.7 Å². The lowest BCUT2D eigenvalue weighted by atomic mass is 9.72. The van der Waals surface area contributed by atoms with E-state index in [4.69, 9.17) is 0 Å². The van der Waals surface area contributed by atoms with Gasteiger partial charge in [-0.05, 0) is 62.1 Å². The second kappa shape index (κ2) is 6.56. The molecule has 0 unspecified atom stereocenters. The standard InChI is InChI=1S/C22H25N5O2/c1-15-5-6-16-18(12-15)27(19-17(24-20(16)28)4-3-9-23-19)21(29)26-10-7-22(8-11-26)13-25(2)14-22/h3-6,9,12H,7-8,10-11,13-14H2,1-2H3,(H,24,28). The van der Waals surface area contributed by atoms with Gasteiger partial charge >= 0.3 is 6.03 Å². The highest BCUT2D eigenvalue weighted by molar-refractivity contribution is 6.16. The molecule has 2 saturated heterocycles. The van der Waals surface area contributed by atoms with Crippen LogP contribution in [0.15, 0.2) is 36.5 Å². The molecule has 0 atom stereocenters. The first-order chi connectivity index (χ1) is 14.0. The van der Waals surface area contributed by atoms with Gasteiger partial charge in [-0.2, -0.15) is 0 Å². The van der Waals surface area contributed by atoms with Crippen molar-refractivity contribution < 1.29 is 9.59 Å². The van der Waals surface area contributed by atoms with Gasteiger partial charge in [0.05, 0.1) is 16.9 Å². The number of anilines is 3. The molecule has 1 aromatic carbocycles. The van der Waals surface area contributed by atoms with Crippen molar-refractivity contribution in [2.45, 2.75) is 19.8 Å². The number of piperidine rings is 1. The Hall–Kier alpha value is -2.93. The zero-order valence-electron chi connectivity index (χ0n) is 16.8. The summed E-state index contributed by atoms with van der Waals surface area (Å²) >= 11 is 0. The third-order valence-electron chi connectivity index (χ3n) is 6.38. The summed E-state index contributed by atoms with van der Waals surface area (Å²) in [5.74, 6) is 0.249. The van der Waals surface area contributed by atoms with Gasteiger partial charge in [-0.15, -0.1) is 0 Å². The van der Waals surface area contributed by atoms with E-state index in [0.29, 0.717) is 28.2 Å². The molecule has 2 fully saturated rings. The van der Waals surface area contributed by atoms with Crippen LogP contribution >= 0.6 is 0 Å². The fourth-order valence-corrected chi connectivity index (χ4v) is 4.92. The molecule has 1 aromatic heterocycles. The number of nitrogens with zero attached hydrogens (tertiary/aromatic N) is 4. The van der Waals surface area contributed by atoms with Crippen LogP contribution in [-0.4, -0.2) is 59.9 Å². The Bertz CT molecular complexity index is 988. The summed E-state index contributed by atoms with van der Waals surface area (Å²) in [5.41, 5.74) is 2.98. The lowest BCUT2D eigenvalue weighted by Crippen LogP contribution is -2.60. The molecule has 1 spiro atoms. The average molecular weight is 391 g/mol. The number of rotatable bonds is 0. The van der Waals surface area contributed by atoms with E-state index >= 15 is 0 Å². The molecule has 0 aliphatic carbocycles. The second-order valence-electron chi connectivity index (χ2n) is 8.63. The van der Waals surface area contributed by atoms with Crippen molar-refractivity contribution in [1.29, 1.82) is 0 Å². The van der Waals surface area contributed by atoms with E-state index in [9.17, 15) is 9.59 Å². The van der Waals surface area contributed by atoms with Crippen LogP contribution in [0.4, 0.5) is 22.0 Å². The second-order valence-corrected chi connectivity index (χ2v) is 8.63. The fourth-order valence-electron chi connectivity index (χ4n) is 4.92. The van der Waals surface area contributed by atoms with Crippen LogP contribution in [-0.2, 0) is 0 Å². The average Bonchev–Trinajstić information content (AvgIpc) is 2.80. The van der Waals surface area contributed by atoms with E-state index in [1.807, 2.05) is 24.0 Å². The van der Waals surface area contributed by atoms with E-state index in [2.05, 4.69) is 22.2 Å². The van der Waals surface area contributed by atoms with E-state index < -0.39 is 0 Å². The van der Waals surface area contributed by atoms with Gasteiger partial charge in [0.15, 0.2) is 5.82 Å². The van der Waals surface area contributed by atoms with Crippen molar-refractivity contribution in [2.24, 2.45) is 5.41 Å². The Morgan fingerprint density at radius 3 is 2.66 bits per heavy atom. The van der Waals surface area contributed by atoms with E-state index in [1.165, 1.54) is 0 Å². The number of pyridine rings is 1. The maximum atomic E-state index is 13.7. The van der Waals surface area contributed by atoms with Gasteiger partial charge in [-0.25, -0.2) is 14.7 Å². The van der Waals surface area contributed by atoms with E-state index in [-0.39, 0.29) is 11.9 Å². The molecule has 7 heteroatoms. The van der Waals surface area contributed by atoms with Gasteiger partial charge in [0.1, 0.15) is 0 Å². The molecule has 7 nitrogen and oxygen atoms in total. The van der Waals surface area contributed by atoms with Crippen molar-refractivity contribution in [3.63, 3.8) is 0 Å². The molecule has 150 valence electrons. The minimum absolute atomic E-state index is 0.115. The Morgan fingerprint density at radius 1 is 1.17 bits per heavy atom. The molecule has 5 rings (SSSR count). The van der Waals surface area contributed by atoms with Gasteiger partial charge in [0.25, 0.3) is 5.91 Å². The molecule has 0 bridgehead atoms. The van der Waals surface area contributed by atoms with Crippen LogP contribution in [0.1, 0.15) is 28.8 Å². The van der Waals surface area contributed by atoms with Crippen molar-refractivity contribution >= 4 is 29.1 Å². The zero-order chi connectivity index (χ0) is 20.2. The summed E-state index contributed by atoms with van der Waals surface area (Å²) in [6.07, 6.45) is 3.69. The van der Waals surface area contributed by atoms with Crippen molar-refractivity contribution in [2.75, 3.05) is 43.4 Å². The number of fused-ring (bicyclic) bond motifs is 2. The van der Waals surface area contributed by atoms with Crippen LogP contribution in [0.2, 0.25) is 0 Å². The Morgan fingerprint density at radius 2 is 1.93 bits per heavy atom. The molecule has 29 heavy (non-hydrogen) atoms. The van der Waals surface area contributed by atoms with Crippen LogP contribution in [0.25, 0.3) is 0 Å².